The molecule has 0 aliphatic carbocycles. The average molecular weight is 587 g/mol. The van der Waals surface area contributed by atoms with Gasteiger partial charge in [-0.3, -0.25) is 28.5 Å². The number of esters is 5. The minimum Gasteiger partial charge on any atom is -0.462 e. The van der Waals surface area contributed by atoms with E-state index in [0.29, 0.717) is 16.2 Å². The van der Waals surface area contributed by atoms with E-state index in [-0.39, 0.29) is 0 Å². The smallest absolute Gasteiger partial charge is 0.303 e. The van der Waals surface area contributed by atoms with Crippen molar-refractivity contribution in [3.05, 3.63) is 12.7 Å². The van der Waals surface area contributed by atoms with Gasteiger partial charge >= 0.3 is 29.8 Å². The Morgan fingerprint density at radius 3 is 1.85 bits per heavy atom. The quantitative estimate of drug-likeness (QED) is 0.143. The minimum atomic E-state index is -1.56. The maximum atomic E-state index is 12.3. The standard InChI is InChI=1S/C23H30N4O10S2/c1-11(28)33-8-16(34-12(2)29)18(35-13(3)30)19(36-14(4)31)20(37-15(5)32)23(39-7)27-10-26-17-21(27)24-9-25-22(17)38-6/h9-10,16,18-20,23H,8H2,1-7H3/t16-,18+,19+,20+,23+/m1/s1. The summed E-state index contributed by atoms with van der Waals surface area (Å²) < 4.78 is 28.7. The van der Waals surface area contributed by atoms with Crippen LogP contribution in [0.1, 0.15) is 40.0 Å². The van der Waals surface area contributed by atoms with Gasteiger partial charge in [-0.05, 0) is 12.5 Å². The van der Waals surface area contributed by atoms with Crippen LogP contribution in [0.4, 0.5) is 0 Å². The zero-order chi connectivity index (χ0) is 29.3. The van der Waals surface area contributed by atoms with Gasteiger partial charge in [0.1, 0.15) is 28.9 Å². The number of nitrogens with zero attached hydrogens (tertiary/aromatic N) is 4. The van der Waals surface area contributed by atoms with Crippen molar-refractivity contribution >= 4 is 64.5 Å². The van der Waals surface area contributed by atoms with Gasteiger partial charge in [-0.2, -0.15) is 0 Å². The molecule has 16 heteroatoms. The number of thioether (sulfide) groups is 2. The van der Waals surface area contributed by atoms with E-state index in [4.69, 9.17) is 23.7 Å². The van der Waals surface area contributed by atoms with E-state index in [2.05, 4.69) is 15.0 Å². The lowest BCUT2D eigenvalue weighted by Crippen LogP contribution is -2.54. The summed E-state index contributed by atoms with van der Waals surface area (Å²) in [6.07, 6.45) is 0.490. The predicted molar refractivity (Wildman–Crippen MR) is 139 cm³/mol. The summed E-state index contributed by atoms with van der Waals surface area (Å²) in [5.41, 5.74) is 0.881. The van der Waals surface area contributed by atoms with Crippen LogP contribution in [-0.2, 0) is 47.7 Å². The van der Waals surface area contributed by atoms with Gasteiger partial charge in [-0.25, -0.2) is 15.0 Å². The molecule has 0 spiro atoms. The van der Waals surface area contributed by atoms with Crippen molar-refractivity contribution in [2.75, 3.05) is 19.1 Å². The number of rotatable bonds is 13. The molecule has 0 saturated heterocycles. The summed E-state index contributed by atoms with van der Waals surface area (Å²) >= 11 is 2.55. The second-order valence-electron chi connectivity index (χ2n) is 8.01. The Morgan fingerprint density at radius 1 is 0.769 bits per heavy atom. The van der Waals surface area contributed by atoms with E-state index in [9.17, 15) is 24.0 Å². The van der Waals surface area contributed by atoms with Gasteiger partial charge in [0.2, 0.25) is 0 Å². The van der Waals surface area contributed by atoms with Gasteiger partial charge in [0.05, 0.1) is 6.33 Å². The van der Waals surface area contributed by atoms with Crippen LogP contribution in [-0.4, -0.2) is 92.9 Å². The highest BCUT2D eigenvalue weighted by molar-refractivity contribution is 7.99. The molecule has 14 nitrogen and oxygen atoms in total. The van der Waals surface area contributed by atoms with Crippen molar-refractivity contribution < 1.29 is 47.7 Å². The monoisotopic (exact) mass is 586 g/mol. The minimum absolute atomic E-state index is 0.396. The molecule has 0 aliphatic heterocycles. The Morgan fingerprint density at radius 2 is 1.33 bits per heavy atom. The fraction of sp³-hybridized carbons (Fsp3) is 0.565. The first-order chi connectivity index (χ1) is 18.4. The maximum absolute atomic E-state index is 12.3. The summed E-state index contributed by atoms with van der Waals surface area (Å²) in [5.74, 6) is -3.88. The van der Waals surface area contributed by atoms with Crippen LogP contribution in [0.5, 0.6) is 0 Å². The van der Waals surface area contributed by atoms with Crippen molar-refractivity contribution in [1.82, 2.24) is 19.5 Å². The first-order valence-electron chi connectivity index (χ1n) is 11.5. The molecule has 0 bridgehead atoms. The highest BCUT2D eigenvalue weighted by atomic mass is 32.2. The highest BCUT2D eigenvalue weighted by Crippen LogP contribution is 2.35. The van der Waals surface area contributed by atoms with E-state index in [1.165, 1.54) is 36.2 Å². The Labute approximate surface area is 232 Å². The van der Waals surface area contributed by atoms with Crippen molar-refractivity contribution in [2.45, 2.75) is 69.4 Å². The zero-order valence-corrected chi connectivity index (χ0v) is 24.1. The molecular weight excluding hydrogens is 556 g/mol. The van der Waals surface area contributed by atoms with Crippen molar-refractivity contribution in [2.24, 2.45) is 0 Å². The fourth-order valence-corrected chi connectivity index (χ4v) is 5.07. The van der Waals surface area contributed by atoms with Gasteiger partial charge in [0.15, 0.2) is 30.1 Å². The van der Waals surface area contributed by atoms with E-state index < -0.39 is 66.2 Å². The van der Waals surface area contributed by atoms with Crippen molar-refractivity contribution in [3.8, 4) is 0 Å². The molecule has 2 aromatic rings. The van der Waals surface area contributed by atoms with Crippen LogP contribution in [0, 0.1) is 0 Å². The van der Waals surface area contributed by atoms with E-state index in [1.54, 1.807) is 10.8 Å². The highest BCUT2D eigenvalue weighted by Gasteiger charge is 2.47. The van der Waals surface area contributed by atoms with Gasteiger partial charge < -0.3 is 23.7 Å². The number of carbonyl (C=O) groups excluding carboxylic acids is 5. The van der Waals surface area contributed by atoms with E-state index >= 15 is 0 Å². The van der Waals surface area contributed by atoms with Crippen LogP contribution >= 0.6 is 23.5 Å². The lowest BCUT2D eigenvalue weighted by atomic mass is 10.0. The molecule has 0 radical (unpaired) electrons. The fourth-order valence-electron chi connectivity index (χ4n) is 3.72. The van der Waals surface area contributed by atoms with Gasteiger partial charge in [-0.1, -0.05) is 0 Å². The van der Waals surface area contributed by atoms with E-state index in [0.717, 1.165) is 34.6 Å². The van der Waals surface area contributed by atoms with Crippen LogP contribution in [0.15, 0.2) is 17.7 Å². The molecule has 2 rings (SSSR count). The van der Waals surface area contributed by atoms with Gasteiger partial charge in [-0.15, -0.1) is 23.5 Å². The average Bonchev–Trinajstić information content (AvgIpc) is 3.27. The Kier molecular flexibility index (Phi) is 12.0. The van der Waals surface area contributed by atoms with Crippen LogP contribution in [0.2, 0.25) is 0 Å². The molecule has 0 fully saturated rings. The van der Waals surface area contributed by atoms with Crippen molar-refractivity contribution in [1.29, 1.82) is 0 Å². The summed E-state index contributed by atoms with van der Waals surface area (Å²) in [7, 11) is 0. The second-order valence-corrected chi connectivity index (χ2v) is 9.76. The SMILES string of the molecule is CSc1ncnc2c1ncn2[C@@H](SC)[C@@H](OC(C)=O)[C@@H](OC(C)=O)[C@@H](OC(C)=O)[C@@H](COC(C)=O)OC(C)=O. The summed E-state index contributed by atoms with van der Waals surface area (Å²) in [5, 5.41) is -0.245. The third-order valence-electron chi connectivity index (χ3n) is 5.00. The lowest BCUT2D eigenvalue weighted by molar-refractivity contribution is -0.203. The lowest BCUT2D eigenvalue weighted by Gasteiger charge is -2.38. The Balaban J connectivity index is 2.74. The number of fused-ring (bicyclic) bond motifs is 1. The van der Waals surface area contributed by atoms with Crippen LogP contribution < -0.4 is 0 Å². The molecule has 0 unspecified atom stereocenters. The maximum Gasteiger partial charge on any atom is 0.303 e. The molecule has 39 heavy (non-hydrogen) atoms. The largest absolute Gasteiger partial charge is 0.462 e. The first kappa shape index (κ1) is 31.8. The Bertz CT molecular complexity index is 1210. The normalized spacial score (nSPS) is 14.8. The van der Waals surface area contributed by atoms with E-state index in [1.807, 2.05) is 6.26 Å². The molecular formula is C23H30N4O10S2. The molecule has 0 N–H and O–H groups in total. The third-order valence-corrected chi connectivity index (χ3v) is 6.67. The van der Waals surface area contributed by atoms with Crippen LogP contribution in [0.3, 0.4) is 0 Å². The second kappa shape index (κ2) is 14.7. The number of ether oxygens (including phenoxy) is 5. The molecule has 0 aliphatic rings. The summed E-state index contributed by atoms with van der Waals surface area (Å²) in [4.78, 5) is 73.2. The zero-order valence-electron chi connectivity index (χ0n) is 22.4. The number of aromatic nitrogens is 4. The summed E-state index contributed by atoms with van der Waals surface area (Å²) in [6.45, 7) is 5.04. The molecule has 214 valence electrons. The molecule has 0 aromatic carbocycles. The molecule has 0 amide bonds. The van der Waals surface area contributed by atoms with Gasteiger partial charge in [0.25, 0.3) is 0 Å². The molecule has 5 atom stereocenters. The molecule has 2 aromatic heterocycles. The summed E-state index contributed by atoms with van der Waals surface area (Å²) in [6, 6.07) is 0. The predicted octanol–water partition coefficient (Wildman–Crippen LogP) is 1.70. The third kappa shape index (κ3) is 8.81. The number of hydrogen-bond acceptors (Lipinski definition) is 15. The first-order valence-corrected chi connectivity index (χ1v) is 14.0. The molecule has 0 saturated carbocycles. The van der Waals surface area contributed by atoms with Crippen LogP contribution in [0.25, 0.3) is 11.2 Å². The number of hydrogen-bond donors (Lipinski definition) is 0. The molecule has 2 heterocycles. The Hall–Kier alpha value is -3.40. The van der Waals surface area contributed by atoms with Crippen molar-refractivity contribution in [3.63, 3.8) is 0 Å². The topological polar surface area (TPSA) is 175 Å². The van der Waals surface area contributed by atoms with Gasteiger partial charge in [0, 0.05) is 34.6 Å². The number of carbonyl (C=O) groups is 5. The number of imidazole rings is 1.